The first-order valence-electron chi connectivity index (χ1n) is 7.30. The summed E-state index contributed by atoms with van der Waals surface area (Å²) in [4.78, 5) is 23.0. The summed E-state index contributed by atoms with van der Waals surface area (Å²) in [7, 11) is -3.93. The highest BCUT2D eigenvalue weighted by Gasteiger charge is 2.17. The van der Waals surface area contributed by atoms with E-state index in [0.717, 1.165) is 0 Å². The molecule has 0 unspecified atom stereocenters. The van der Waals surface area contributed by atoms with Crippen LogP contribution in [-0.2, 0) is 14.8 Å². The summed E-state index contributed by atoms with van der Waals surface area (Å²) in [6, 6.07) is 11.8. The molecule has 25 heavy (non-hydrogen) atoms. The lowest BCUT2D eigenvalue weighted by Crippen LogP contribution is -2.41. The second-order valence-corrected chi connectivity index (χ2v) is 7.06. The van der Waals surface area contributed by atoms with Gasteiger partial charge in [0.05, 0.1) is 15.6 Å². The number of rotatable bonds is 5. The van der Waals surface area contributed by atoms with Gasteiger partial charge in [0.2, 0.25) is 5.91 Å². The Morgan fingerprint density at radius 3 is 2.44 bits per heavy atom. The van der Waals surface area contributed by atoms with Crippen LogP contribution in [0.25, 0.3) is 0 Å². The normalized spacial score (nSPS) is 10.8. The van der Waals surface area contributed by atoms with Crippen molar-refractivity contribution in [2.24, 2.45) is 0 Å². The molecule has 0 heterocycles. The predicted octanol–water partition coefficient (Wildman–Crippen LogP) is 2.31. The van der Waals surface area contributed by atoms with E-state index in [-0.39, 0.29) is 33.5 Å². The number of amides is 2. The molecular weight excluding hydrogens is 366 g/mol. The minimum atomic E-state index is -3.93. The molecule has 0 atom stereocenters. The third kappa shape index (κ3) is 4.94. The van der Waals surface area contributed by atoms with Crippen molar-refractivity contribution >= 4 is 39.1 Å². The summed E-state index contributed by atoms with van der Waals surface area (Å²) in [6.07, 6.45) is 0.205. The quantitative estimate of drug-likeness (QED) is 0.691. The van der Waals surface area contributed by atoms with Crippen molar-refractivity contribution in [3.8, 4) is 0 Å². The van der Waals surface area contributed by atoms with Crippen molar-refractivity contribution in [1.29, 1.82) is 0 Å². The number of benzene rings is 2. The summed E-state index contributed by atoms with van der Waals surface area (Å²) in [5.41, 5.74) is 4.74. The van der Waals surface area contributed by atoms with Crippen molar-refractivity contribution in [3.05, 3.63) is 59.1 Å². The summed E-state index contributed by atoms with van der Waals surface area (Å²) >= 11 is 5.95. The highest BCUT2D eigenvalue weighted by Crippen LogP contribution is 2.24. The fraction of sp³-hybridized carbons (Fsp3) is 0.125. The lowest BCUT2D eigenvalue weighted by molar-refractivity contribution is -0.121. The third-order valence-corrected chi connectivity index (χ3v) is 4.85. The first-order valence-corrected chi connectivity index (χ1v) is 9.16. The molecule has 0 aliphatic carbocycles. The van der Waals surface area contributed by atoms with Gasteiger partial charge in [-0.2, -0.15) is 0 Å². The minimum absolute atomic E-state index is 0.0819. The smallest absolute Gasteiger partial charge is 0.269 e. The molecular formula is C16H16ClN3O4S. The van der Waals surface area contributed by atoms with E-state index in [2.05, 4.69) is 15.6 Å². The Bertz CT molecular complexity index is 900. The van der Waals surface area contributed by atoms with Crippen molar-refractivity contribution in [2.75, 3.05) is 4.72 Å². The van der Waals surface area contributed by atoms with Crippen LogP contribution < -0.4 is 15.6 Å². The van der Waals surface area contributed by atoms with E-state index < -0.39 is 15.9 Å². The predicted molar refractivity (Wildman–Crippen MR) is 94.6 cm³/mol. The number of sulfonamides is 1. The Morgan fingerprint density at radius 2 is 1.76 bits per heavy atom. The van der Waals surface area contributed by atoms with Crippen molar-refractivity contribution in [1.82, 2.24) is 10.9 Å². The fourth-order valence-electron chi connectivity index (χ4n) is 1.84. The van der Waals surface area contributed by atoms with Gasteiger partial charge in [0, 0.05) is 12.0 Å². The van der Waals surface area contributed by atoms with Gasteiger partial charge in [-0.3, -0.25) is 25.2 Å². The van der Waals surface area contributed by atoms with E-state index in [9.17, 15) is 18.0 Å². The van der Waals surface area contributed by atoms with E-state index in [1.807, 2.05) is 0 Å². The minimum Gasteiger partial charge on any atom is -0.278 e. The van der Waals surface area contributed by atoms with Crippen LogP contribution in [0.2, 0.25) is 5.02 Å². The van der Waals surface area contributed by atoms with Crippen LogP contribution >= 0.6 is 11.6 Å². The maximum absolute atomic E-state index is 12.5. The molecule has 2 rings (SSSR count). The van der Waals surface area contributed by atoms with Crippen LogP contribution in [0.5, 0.6) is 0 Å². The Labute approximate surface area is 150 Å². The van der Waals surface area contributed by atoms with E-state index in [1.54, 1.807) is 25.1 Å². The molecule has 0 aromatic heterocycles. The molecule has 0 saturated heterocycles. The molecule has 2 amide bonds. The molecule has 7 nitrogen and oxygen atoms in total. The van der Waals surface area contributed by atoms with Crippen LogP contribution in [0.1, 0.15) is 23.7 Å². The number of carbonyl (C=O) groups excluding carboxylic acids is 2. The molecule has 0 spiro atoms. The zero-order valence-corrected chi connectivity index (χ0v) is 14.8. The molecule has 132 valence electrons. The fourth-order valence-corrected chi connectivity index (χ4v) is 3.20. The Kier molecular flexibility index (Phi) is 6.00. The SMILES string of the molecule is CCC(=O)NNC(=O)c1cccc(S(=O)(=O)Nc2ccccc2Cl)c1. The zero-order valence-electron chi connectivity index (χ0n) is 13.2. The van der Waals surface area contributed by atoms with Gasteiger partial charge in [-0.25, -0.2) is 8.42 Å². The zero-order chi connectivity index (χ0) is 18.4. The standard InChI is InChI=1S/C16H16ClN3O4S/c1-2-15(21)18-19-16(22)11-6-5-7-12(10-11)25(23,24)20-14-9-4-3-8-13(14)17/h3-10,20H,2H2,1H3,(H,18,21)(H,19,22). The van der Waals surface area contributed by atoms with Crippen molar-refractivity contribution < 1.29 is 18.0 Å². The van der Waals surface area contributed by atoms with E-state index in [4.69, 9.17) is 11.6 Å². The lowest BCUT2D eigenvalue weighted by Gasteiger charge is -2.11. The Balaban J connectivity index is 2.21. The number of carbonyl (C=O) groups is 2. The molecule has 0 aliphatic heterocycles. The van der Waals surface area contributed by atoms with Gasteiger partial charge < -0.3 is 0 Å². The highest BCUT2D eigenvalue weighted by molar-refractivity contribution is 7.92. The van der Waals surface area contributed by atoms with Gasteiger partial charge in [-0.15, -0.1) is 0 Å². The Morgan fingerprint density at radius 1 is 1.04 bits per heavy atom. The lowest BCUT2D eigenvalue weighted by atomic mass is 10.2. The average molecular weight is 382 g/mol. The largest absolute Gasteiger partial charge is 0.278 e. The molecule has 3 N–H and O–H groups in total. The summed E-state index contributed by atoms with van der Waals surface area (Å²) in [6.45, 7) is 1.63. The third-order valence-electron chi connectivity index (χ3n) is 3.16. The molecule has 2 aromatic rings. The number of anilines is 1. The van der Waals surface area contributed by atoms with Crippen molar-refractivity contribution in [3.63, 3.8) is 0 Å². The van der Waals surface area contributed by atoms with Crippen LogP contribution in [0.4, 0.5) is 5.69 Å². The van der Waals surface area contributed by atoms with Crippen LogP contribution in [-0.4, -0.2) is 20.2 Å². The molecule has 0 bridgehead atoms. The van der Waals surface area contributed by atoms with Gasteiger partial charge in [0.25, 0.3) is 15.9 Å². The van der Waals surface area contributed by atoms with Crippen LogP contribution in [0, 0.1) is 0 Å². The first-order chi connectivity index (χ1) is 11.8. The first kappa shape index (κ1) is 18.8. The number of halogens is 1. The molecule has 0 saturated carbocycles. The van der Waals surface area contributed by atoms with Gasteiger partial charge in [-0.1, -0.05) is 36.7 Å². The number of para-hydroxylation sites is 1. The van der Waals surface area contributed by atoms with E-state index >= 15 is 0 Å². The number of hydrogen-bond donors (Lipinski definition) is 3. The average Bonchev–Trinajstić information content (AvgIpc) is 2.61. The summed E-state index contributed by atoms with van der Waals surface area (Å²) < 4.78 is 27.3. The molecule has 9 heteroatoms. The van der Waals surface area contributed by atoms with Gasteiger partial charge in [0.1, 0.15) is 0 Å². The second kappa shape index (κ2) is 8.00. The topological polar surface area (TPSA) is 104 Å². The molecule has 0 aliphatic rings. The highest BCUT2D eigenvalue weighted by atomic mass is 35.5. The molecule has 0 radical (unpaired) electrons. The maximum Gasteiger partial charge on any atom is 0.269 e. The summed E-state index contributed by atoms with van der Waals surface area (Å²) in [5, 5.41) is 0.252. The molecule has 0 fully saturated rings. The van der Waals surface area contributed by atoms with Gasteiger partial charge in [0.15, 0.2) is 0 Å². The van der Waals surface area contributed by atoms with E-state index in [1.165, 1.54) is 30.3 Å². The number of hydrogen-bond acceptors (Lipinski definition) is 4. The van der Waals surface area contributed by atoms with E-state index in [0.29, 0.717) is 0 Å². The van der Waals surface area contributed by atoms with Gasteiger partial charge in [-0.05, 0) is 30.3 Å². The summed E-state index contributed by atoms with van der Waals surface area (Å²) in [5.74, 6) is -0.992. The maximum atomic E-state index is 12.5. The van der Waals surface area contributed by atoms with Crippen LogP contribution in [0.3, 0.4) is 0 Å². The number of hydrazine groups is 1. The molecule has 2 aromatic carbocycles. The van der Waals surface area contributed by atoms with Gasteiger partial charge >= 0.3 is 0 Å². The second-order valence-electron chi connectivity index (χ2n) is 4.97. The Hall–Kier alpha value is -2.58. The van der Waals surface area contributed by atoms with Crippen LogP contribution in [0.15, 0.2) is 53.4 Å². The monoisotopic (exact) mass is 381 g/mol. The number of nitrogens with one attached hydrogen (secondary N) is 3. The van der Waals surface area contributed by atoms with Crippen molar-refractivity contribution in [2.45, 2.75) is 18.2 Å².